The number of nitrogens with two attached hydrogens (primary N) is 1. The second-order valence-electron chi connectivity index (χ2n) is 5.78. The number of alkyl halides is 6. The van der Waals surface area contributed by atoms with E-state index in [-0.39, 0.29) is 29.3 Å². The molecule has 1 heterocycles. The van der Waals surface area contributed by atoms with Crippen molar-refractivity contribution in [2.75, 3.05) is 0 Å². The van der Waals surface area contributed by atoms with E-state index in [1.165, 1.54) is 12.3 Å². The normalized spacial score (nSPS) is 21.0. The molecule has 2 atom stereocenters. The van der Waals surface area contributed by atoms with Crippen LogP contribution in [0, 0.1) is 0 Å². The molecule has 1 aliphatic carbocycles. The molecule has 2 unspecified atom stereocenters. The maximum absolute atomic E-state index is 12.9. The zero-order valence-electron chi connectivity index (χ0n) is 12.1. The molecular formula is C16H12F6N2. The van der Waals surface area contributed by atoms with E-state index in [0.717, 1.165) is 12.0 Å². The van der Waals surface area contributed by atoms with Crippen LogP contribution in [-0.2, 0) is 12.4 Å². The quantitative estimate of drug-likeness (QED) is 0.807. The van der Waals surface area contributed by atoms with Crippen LogP contribution in [0.5, 0.6) is 0 Å². The van der Waals surface area contributed by atoms with Gasteiger partial charge >= 0.3 is 12.4 Å². The lowest BCUT2D eigenvalue weighted by Crippen LogP contribution is -2.11. The highest BCUT2D eigenvalue weighted by molar-refractivity contribution is 5.62. The Bertz CT molecular complexity index is 716. The van der Waals surface area contributed by atoms with Gasteiger partial charge in [-0.2, -0.15) is 26.3 Å². The van der Waals surface area contributed by atoms with E-state index in [1.807, 2.05) is 0 Å². The molecule has 0 aliphatic heterocycles. The molecule has 2 N–H and O–H groups in total. The van der Waals surface area contributed by atoms with Crippen LogP contribution < -0.4 is 5.73 Å². The highest BCUT2D eigenvalue weighted by atomic mass is 19.4. The molecule has 0 saturated heterocycles. The first-order valence-electron chi connectivity index (χ1n) is 7.07. The van der Waals surface area contributed by atoms with Crippen LogP contribution in [0.15, 0.2) is 36.5 Å². The summed E-state index contributed by atoms with van der Waals surface area (Å²) in [4.78, 5) is 4.00. The van der Waals surface area contributed by atoms with Gasteiger partial charge in [0.05, 0.1) is 16.8 Å². The number of benzene rings is 1. The topological polar surface area (TPSA) is 38.9 Å². The van der Waals surface area contributed by atoms with Gasteiger partial charge in [0.25, 0.3) is 0 Å². The average Bonchev–Trinajstić information content (AvgIpc) is 3.22. The number of aromatic nitrogens is 1. The van der Waals surface area contributed by atoms with Crippen LogP contribution >= 0.6 is 0 Å². The van der Waals surface area contributed by atoms with Crippen LogP contribution in [0.3, 0.4) is 0 Å². The molecule has 0 spiro atoms. The van der Waals surface area contributed by atoms with Gasteiger partial charge in [-0.1, -0.05) is 6.07 Å². The SMILES string of the molecule is NC1CC1c1ccc(-c2cc(C(F)(F)F)cc(C(F)(F)F)c2)nc1. The first-order chi connectivity index (χ1) is 11.1. The predicted molar refractivity (Wildman–Crippen MR) is 75.0 cm³/mol. The number of nitrogens with zero attached hydrogens (tertiary/aromatic N) is 1. The molecule has 1 fully saturated rings. The summed E-state index contributed by atoms with van der Waals surface area (Å²) in [6, 6.07) is 4.51. The Balaban J connectivity index is 2.03. The van der Waals surface area contributed by atoms with Gasteiger partial charge in [-0.25, -0.2) is 0 Å². The largest absolute Gasteiger partial charge is 0.416 e. The Morgan fingerprint density at radius 1 is 0.917 bits per heavy atom. The van der Waals surface area contributed by atoms with E-state index >= 15 is 0 Å². The fraction of sp³-hybridized carbons (Fsp3) is 0.312. The molecule has 3 rings (SSSR count). The molecule has 2 aromatic rings. The first-order valence-corrected chi connectivity index (χ1v) is 7.07. The number of halogens is 6. The third kappa shape index (κ3) is 3.38. The molecule has 1 aliphatic rings. The minimum atomic E-state index is -4.88. The highest BCUT2D eigenvalue weighted by Crippen LogP contribution is 2.40. The van der Waals surface area contributed by atoms with E-state index in [9.17, 15) is 26.3 Å². The fourth-order valence-corrected chi connectivity index (χ4v) is 2.50. The lowest BCUT2D eigenvalue weighted by molar-refractivity contribution is -0.143. The Kier molecular flexibility index (Phi) is 3.82. The third-order valence-electron chi connectivity index (χ3n) is 3.94. The van der Waals surface area contributed by atoms with Gasteiger partial charge in [-0.3, -0.25) is 4.98 Å². The van der Waals surface area contributed by atoms with Crippen LogP contribution in [0.1, 0.15) is 29.0 Å². The van der Waals surface area contributed by atoms with Crippen LogP contribution in [0.4, 0.5) is 26.3 Å². The molecule has 0 amide bonds. The minimum Gasteiger partial charge on any atom is -0.327 e. The van der Waals surface area contributed by atoms with Crippen molar-refractivity contribution in [2.24, 2.45) is 5.73 Å². The highest BCUT2D eigenvalue weighted by Gasteiger charge is 2.37. The van der Waals surface area contributed by atoms with Gasteiger partial charge in [0.1, 0.15) is 0 Å². The van der Waals surface area contributed by atoms with Crippen LogP contribution in [-0.4, -0.2) is 11.0 Å². The van der Waals surface area contributed by atoms with Gasteiger partial charge in [0.2, 0.25) is 0 Å². The van der Waals surface area contributed by atoms with Gasteiger partial charge in [-0.15, -0.1) is 0 Å². The molecule has 24 heavy (non-hydrogen) atoms. The average molecular weight is 346 g/mol. The van der Waals surface area contributed by atoms with E-state index in [0.29, 0.717) is 12.1 Å². The molecule has 1 saturated carbocycles. The maximum atomic E-state index is 12.9. The molecular weight excluding hydrogens is 334 g/mol. The van der Waals surface area contributed by atoms with Crippen molar-refractivity contribution in [3.63, 3.8) is 0 Å². The minimum absolute atomic E-state index is 0.0306. The summed E-state index contributed by atoms with van der Waals surface area (Å²) >= 11 is 0. The lowest BCUT2D eigenvalue weighted by atomic mass is 10.0. The molecule has 1 aromatic carbocycles. The molecule has 128 valence electrons. The monoisotopic (exact) mass is 346 g/mol. The zero-order chi connectivity index (χ0) is 17.7. The molecule has 2 nitrogen and oxygen atoms in total. The predicted octanol–water partition coefficient (Wildman–Crippen LogP) is 4.60. The Morgan fingerprint density at radius 3 is 1.83 bits per heavy atom. The Labute approximate surface area is 133 Å². The van der Waals surface area contributed by atoms with Crippen molar-refractivity contribution in [3.8, 4) is 11.3 Å². The van der Waals surface area contributed by atoms with E-state index < -0.39 is 23.5 Å². The van der Waals surface area contributed by atoms with Crippen molar-refractivity contribution in [2.45, 2.75) is 30.7 Å². The molecule has 1 aromatic heterocycles. The van der Waals surface area contributed by atoms with Crippen molar-refractivity contribution >= 4 is 0 Å². The summed E-state index contributed by atoms with van der Waals surface area (Å²) in [5.74, 6) is 0.152. The van der Waals surface area contributed by atoms with Gasteiger partial charge in [0.15, 0.2) is 0 Å². The van der Waals surface area contributed by atoms with Crippen LogP contribution in [0.25, 0.3) is 11.3 Å². The van der Waals surface area contributed by atoms with E-state index in [2.05, 4.69) is 4.98 Å². The first kappa shape index (κ1) is 16.8. The van der Waals surface area contributed by atoms with Crippen molar-refractivity contribution in [1.29, 1.82) is 0 Å². The molecule has 0 bridgehead atoms. The van der Waals surface area contributed by atoms with E-state index in [4.69, 9.17) is 5.73 Å². The smallest absolute Gasteiger partial charge is 0.327 e. The summed E-state index contributed by atoms with van der Waals surface area (Å²) in [6.45, 7) is 0. The number of hydrogen-bond donors (Lipinski definition) is 1. The Morgan fingerprint density at radius 2 is 1.46 bits per heavy atom. The maximum Gasteiger partial charge on any atom is 0.416 e. The van der Waals surface area contributed by atoms with Crippen LogP contribution in [0.2, 0.25) is 0 Å². The van der Waals surface area contributed by atoms with Gasteiger partial charge in [-0.05, 0) is 36.2 Å². The van der Waals surface area contributed by atoms with E-state index in [1.54, 1.807) is 6.07 Å². The second-order valence-corrected chi connectivity index (χ2v) is 5.78. The third-order valence-corrected chi connectivity index (χ3v) is 3.94. The number of hydrogen-bond acceptors (Lipinski definition) is 2. The second kappa shape index (κ2) is 5.47. The van der Waals surface area contributed by atoms with Crippen molar-refractivity contribution in [1.82, 2.24) is 4.98 Å². The Hall–Kier alpha value is -2.09. The lowest BCUT2D eigenvalue weighted by Gasteiger charge is -2.14. The molecule has 8 heteroatoms. The number of rotatable bonds is 2. The van der Waals surface area contributed by atoms with Crippen molar-refractivity contribution in [3.05, 3.63) is 53.2 Å². The summed E-state index contributed by atoms with van der Waals surface area (Å²) in [6.07, 6.45) is -7.52. The summed E-state index contributed by atoms with van der Waals surface area (Å²) in [7, 11) is 0. The summed E-state index contributed by atoms with van der Waals surface area (Å²) < 4.78 is 77.2. The zero-order valence-corrected chi connectivity index (χ0v) is 12.1. The van der Waals surface area contributed by atoms with Gasteiger partial charge < -0.3 is 5.73 Å². The van der Waals surface area contributed by atoms with Gasteiger partial charge in [0, 0.05) is 23.7 Å². The standard InChI is InChI=1S/C16H12F6N2/c17-15(18,19)10-3-9(4-11(5-10)16(20,21)22)14-2-1-8(7-24-14)12-6-13(12)23/h1-5,7,12-13H,6,23H2. The summed E-state index contributed by atoms with van der Waals surface area (Å²) in [5, 5.41) is 0. The molecule has 0 radical (unpaired) electrons. The number of pyridine rings is 1. The van der Waals surface area contributed by atoms with Crippen molar-refractivity contribution < 1.29 is 26.3 Å². The summed E-state index contributed by atoms with van der Waals surface area (Å²) in [5.41, 5.74) is 3.63. The fourth-order valence-electron chi connectivity index (χ4n) is 2.50.